The maximum atomic E-state index is 2.50. The summed E-state index contributed by atoms with van der Waals surface area (Å²) in [4.78, 5) is 0. The minimum absolute atomic E-state index is 1.17. The van der Waals surface area contributed by atoms with Gasteiger partial charge in [-0.2, -0.15) is 0 Å². The van der Waals surface area contributed by atoms with E-state index >= 15 is 0 Å². The van der Waals surface area contributed by atoms with Crippen molar-refractivity contribution in [1.82, 2.24) is 13.7 Å². The zero-order valence-electron chi connectivity index (χ0n) is 33.4. The van der Waals surface area contributed by atoms with Gasteiger partial charge in [-0.1, -0.05) is 140 Å². The Morgan fingerprint density at radius 3 is 1.58 bits per heavy atom. The van der Waals surface area contributed by atoms with E-state index in [9.17, 15) is 0 Å². The summed E-state index contributed by atoms with van der Waals surface area (Å²) in [5, 5.41) is 10.7. The van der Waals surface area contributed by atoms with Gasteiger partial charge in [0.25, 0.3) is 0 Å². The summed E-state index contributed by atoms with van der Waals surface area (Å²) in [7, 11) is -1.77. The Hall–Kier alpha value is -7.40. The summed E-state index contributed by atoms with van der Waals surface area (Å²) < 4.78 is 7.39. The molecule has 9 aromatic carbocycles. The first-order valence-corrected chi connectivity index (χ1v) is 23.9. The number of para-hydroxylation sites is 5. The highest BCUT2D eigenvalue weighted by molar-refractivity contribution is 7.03. The summed E-state index contributed by atoms with van der Waals surface area (Å²) >= 11 is 0. The second kappa shape index (κ2) is 12.3. The smallest absolute Gasteiger partial charge is 0.113 e. The fraction of sp³-hybridized carbons (Fsp3) is 0.0357. The van der Waals surface area contributed by atoms with Crippen molar-refractivity contribution in [2.45, 2.75) is 13.1 Å². The van der Waals surface area contributed by atoms with Crippen molar-refractivity contribution in [3.63, 3.8) is 0 Å². The third-order valence-electron chi connectivity index (χ3n) is 13.4. The summed E-state index contributed by atoms with van der Waals surface area (Å²) in [5.74, 6) is 0. The van der Waals surface area contributed by atoms with E-state index < -0.39 is 8.07 Å². The van der Waals surface area contributed by atoms with Crippen LogP contribution in [0, 0.1) is 0 Å². The van der Waals surface area contributed by atoms with Crippen LogP contribution in [0.15, 0.2) is 200 Å². The van der Waals surface area contributed by atoms with E-state index in [1.165, 1.54) is 115 Å². The molecule has 3 aromatic heterocycles. The Labute approximate surface area is 348 Å². The van der Waals surface area contributed by atoms with Gasteiger partial charge < -0.3 is 13.7 Å². The fourth-order valence-electron chi connectivity index (χ4n) is 10.8. The molecule has 0 fully saturated rings. The molecule has 0 aliphatic carbocycles. The number of fused-ring (bicyclic) bond motifs is 13. The fourth-order valence-corrected chi connectivity index (χ4v) is 13.9. The second-order valence-electron chi connectivity index (χ2n) is 16.9. The van der Waals surface area contributed by atoms with Crippen LogP contribution in [0.2, 0.25) is 13.1 Å². The molecule has 0 spiro atoms. The molecule has 3 nitrogen and oxygen atoms in total. The van der Waals surface area contributed by atoms with Crippen LogP contribution in [-0.4, -0.2) is 21.8 Å². The Morgan fingerprint density at radius 1 is 0.317 bits per heavy atom. The topological polar surface area (TPSA) is 14.8 Å². The Bertz CT molecular complexity index is 3750. The van der Waals surface area contributed by atoms with Crippen LogP contribution < -0.4 is 10.4 Å². The second-order valence-corrected chi connectivity index (χ2v) is 21.2. The first-order chi connectivity index (χ1) is 29.6. The SMILES string of the molecule is C[Si]1(C)c2ccccc2-c2cc(-n3c4ccccc4c4c5c6ccccc6n(-c6ccccc6-c6ccc7c(c6)c6ccccc6n7-c6ccccc6)c5ccc43)ccc21. The van der Waals surface area contributed by atoms with Gasteiger partial charge in [-0.25, -0.2) is 0 Å². The molecule has 1 aliphatic rings. The molecule has 60 heavy (non-hydrogen) atoms. The van der Waals surface area contributed by atoms with Crippen molar-refractivity contribution in [1.29, 1.82) is 0 Å². The van der Waals surface area contributed by atoms with E-state index in [0.29, 0.717) is 0 Å². The normalized spacial score (nSPS) is 13.3. The van der Waals surface area contributed by atoms with Gasteiger partial charge in [0, 0.05) is 49.3 Å². The maximum absolute atomic E-state index is 2.50. The molecule has 0 saturated carbocycles. The molecule has 4 heteroatoms. The molecule has 0 N–H and O–H groups in total. The number of nitrogens with zero attached hydrogens (tertiary/aromatic N) is 3. The van der Waals surface area contributed by atoms with E-state index in [2.05, 4.69) is 227 Å². The molecule has 1 aliphatic heterocycles. The molecule has 0 atom stereocenters. The zero-order valence-corrected chi connectivity index (χ0v) is 34.4. The number of aromatic nitrogens is 3. The molecule has 12 aromatic rings. The van der Waals surface area contributed by atoms with Crippen molar-refractivity contribution in [3.8, 4) is 39.3 Å². The van der Waals surface area contributed by atoms with Crippen LogP contribution in [-0.2, 0) is 0 Å². The van der Waals surface area contributed by atoms with Crippen LogP contribution in [0.1, 0.15) is 0 Å². The highest BCUT2D eigenvalue weighted by atomic mass is 28.3. The van der Waals surface area contributed by atoms with Gasteiger partial charge in [0.05, 0.1) is 38.8 Å². The summed E-state index contributed by atoms with van der Waals surface area (Å²) in [6.45, 7) is 4.98. The number of rotatable bonds is 4. The average molecular weight is 782 g/mol. The maximum Gasteiger partial charge on any atom is 0.113 e. The lowest BCUT2D eigenvalue weighted by molar-refractivity contribution is 1.17. The largest absolute Gasteiger partial charge is 0.309 e. The highest BCUT2D eigenvalue weighted by Crippen LogP contribution is 2.44. The van der Waals surface area contributed by atoms with Crippen LogP contribution in [0.3, 0.4) is 0 Å². The van der Waals surface area contributed by atoms with Gasteiger partial charge in [0.1, 0.15) is 8.07 Å². The van der Waals surface area contributed by atoms with Crippen molar-refractivity contribution in [3.05, 3.63) is 200 Å². The third kappa shape index (κ3) is 4.48. The van der Waals surface area contributed by atoms with E-state index in [1.54, 1.807) is 0 Å². The molecular formula is C56H39N3Si. The van der Waals surface area contributed by atoms with Gasteiger partial charge in [0.15, 0.2) is 0 Å². The molecular weight excluding hydrogens is 743 g/mol. The summed E-state index contributed by atoms with van der Waals surface area (Å²) in [6, 6.07) is 74.4. The van der Waals surface area contributed by atoms with Crippen molar-refractivity contribution < 1.29 is 0 Å². The lowest BCUT2D eigenvalue weighted by Gasteiger charge is -2.19. The molecule has 0 saturated heterocycles. The molecule has 0 unspecified atom stereocenters. The van der Waals surface area contributed by atoms with Crippen molar-refractivity contribution in [2.24, 2.45) is 0 Å². The molecule has 0 radical (unpaired) electrons. The van der Waals surface area contributed by atoms with E-state index in [-0.39, 0.29) is 0 Å². The first kappa shape index (κ1) is 33.6. The highest BCUT2D eigenvalue weighted by Gasteiger charge is 2.37. The molecule has 0 bridgehead atoms. The van der Waals surface area contributed by atoms with Gasteiger partial charge >= 0.3 is 0 Å². The Kier molecular flexibility index (Phi) is 6.88. The van der Waals surface area contributed by atoms with Gasteiger partial charge in [-0.3, -0.25) is 0 Å². The quantitative estimate of drug-likeness (QED) is 0.158. The van der Waals surface area contributed by atoms with Gasteiger partial charge in [-0.15, -0.1) is 0 Å². The lowest BCUT2D eigenvalue weighted by Crippen LogP contribution is -2.49. The number of hydrogen-bond acceptors (Lipinski definition) is 0. The van der Waals surface area contributed by atoms with Crippen molar-refractivity contribution >= 4 is 83.9 Å². The molecule has 4 heterocycles. The minimum Gasteiger partial charge on any atom is -0.309 e. The van der Waals surface area contributed by atoms with Gasteiger partial charge in [-0.05, 0) is 99.9 Å². The summed E-state index contributed by atoms with van der Waals surface area (Å²) in [6.07, 6.45) is 0. The van der Waals surface area contributed by atoms with Crippen LogP contribution in [0.4, 0.5) is 0 Å². The predicted octanol–water partition coefficient (Wildman–Crippen LogP) is 13.4. The van der Waals surface area contributed by atoms with Crippen molar-refractivity contribution in [2.75, 3.05) is 0 Å². The zero-order chi connectivity index (χ0) is 39.7. The standard InChI is InChI=1S/C56H39N3Si/c1-60(2)53-27-15-10-20-41(53)45-35-38(29-33-54(45)60)58-48-25-13-8-21-42(48)55-51(58)31-32-52-56(55)43-22-9-14-26-49(43)59(52)46-23-11-6-18-39(46)36-28-30-50-44(34-36)40-19-7-12-24-47(40)57(50)37-16-4-3-5-17-37/h3-35H,1-2H3. The average Bonchev–Trinajstić information content (AvgIpc) is 4.00. The van der Waals surface area contributed by atoms with Gasteiger partial charge in [0.2, 0.25) is 0 Å². The van der Waals surface area contributed by atoms with Crippen LogP contribution in [0.5, 0.6) is 0 Å². The lowest BCUT2D eigenvalue weighted by atomic mass is 10.0. The summed E-state index contributed by atoms with van der Waals surface area (Å²) in [5.41, 5.74) is 16.0. The van der Waals surface area contributed by atoms with Crippen LogP contribution >= 0.6 is 0 Å². The van der Waals surface area contributed by atoms with E-state index in [0.717, 1.165) is 0 Å². The predicted molar refractivity (Wildman–Crippen MR) is 257 cm³/mol. The Morgan fingerprint density at radius 2 is 0.833 bits per heavy atom. The molecule has 13 rings (SSSR count). The van der Waals surface area contributed by atoms with Crippen LogP contribution in [0.25, 0.3) is 105 Å². The third-order valence-corrected chi connectivity index (χ3v) is 17.0. The molecule has 282 valence electrons. The van der Waals surface area contributed by atoms with E-state index in [4.69, 9.17) is 0 Å². The monoisotopic (exact) mass is 781 g/mol. The first-order valence-electron chi connectivity index (χ1n) is 20.9. The minimum atomic E-state index is -1.77. The number of benzene rings is 9. The molecule has 0 amide bonds. The Balaban J connectivity index is 1.05. The number of hydrogen-bond donors (Lipinski definition) is 0. The van der Waals surface area contributed by atoms with E-state index in [1.807, 2.05) is 0 Å².